The van der Waals surface area contributed by atoms with E-state index in [0.29, 0.717) is 42.3 Å². The third kappa shape index (κ3) is 7.51. The van der Waals surface area contributed by atoms with Gasteiger partial charge >= 0.3 is 0 Å². The molecule has 0 spiro atoms. The Morgan fingerprint density at radius 3 is 2.44 bits per heavy atom. The summed E-state index contributed by atoms with van der Waals surface area (Å²) in [6.07, 6.45) is 8.15. The summed E-state index contributed by atoms with van der Waals surface area (Å²) < 4.78 is 26.9. The summed E-state index contributed by atoms with van der Waals surface area (Å²) >= 11 is 1.33. The summed E-state index contributed by atoms with van der Waals surface area (Å²) in [5, 5.41) is 3.33. The lowest BCUT2D eigenvalue weighted by Crippen LogP contribution is -2.39. The van der Waals surface area contributed by atoms with Crippen LogP contribution in [0.2, 0.25) is 0 Å². The summed E-state index contributed by atoms with van der Waals surface area (Å²) in [6, 6.07) is 4.02. The fourth-order valence-corrected chi connectivity index (χ4v) is 6.24. The summed E-state index contributed by atoms with van der Waals surface area (Å²) in [7, 11) is -3.37. The molecule has 0 saturated heterocycles. The van der Waals surface area contributed by atoms with Crippen LogP contribution in [-0.4, -0.2) is 44.4 Å². The molecule has 0 radical (unpaired) electrons. The Morgan fingerprint density at radius 1 is 1.22 bits per heavy atom. The van der Waals surface area contributed by atoms with Gasteiger partial charge in [0.2, 0.25) is 0 Å². The summed E-state index contributed by atoms with van der Waals surface area (Å²) in [6.45, 7) is 5.25. The molecule has 6 nitrogen and oxygen atoms in total. The van der Waals surface area contributed by atoms with E-state index in [1.54, 1.807) is 6.07 Å². The molecule has 0 unspecified atom stereocenters. The first-order chi connectivity index (χ1) is 12.5. The zero-order chi connectivity index (χ0) is 19.0. The van der Waals surface area contributed by atoms with Crippen LogP contribution in [0.4, 0.5) is 0 Å². The van der Waals surface area contributed by atoms with Crippen molar-refractivity contribution in [3.63, 3.8) is 0 Å². The van der Waals surface area contributed by atoms with E-state index in [1.165, 1.54) is 41.3 Å². The number of halogens is 1. The topological polar surface area (TPSA) is 87.8 Å². The molecular weight excluding hydrogens is 495 g/mol. The van der Waals surface area contributed by atoms with Crippen molar-refractivity contribution >= 4 is 51.3 Å². The molecule has 9 heteroatoms. The number of nitrogens with zero attached hydrogens (tertiary/aromatic N) is 2. The van der Waals surface area contributed by atoms with Crippen LogP contribution < -0.4 is 11.1 Å². The van der Waals surface area contributed by atoms with E-state index in [2.05, 4.69) is 10.3 Å². The Kier molecular flexibility index (Phi) is 11.2. The van der Waals surface area contributed by atoms with E-state index >= 15 is 0 Å². The Bertz CT molecular complexity index is 679. The lowest BCUT2D eigenvalue weighted by Gasteiger charge is -2.16. The van der Waals surface area contributed by atoms with Crippen molar-refractivity contribution in [2.45, 2.75) is 69.0 Å². The average Bonchev–Trinajstić information content (AvgIpc) is 2.94. The minimum absolute atomic E-state index is 0. The van der Waals surface area contributed by atoms with E-state index in [-0.39, 0.29) is 24.0 Å². The van der Waals surface area contributed by atoms with Gasteiger partial charge in [-0.1, -0.05) is 39.5 Å². The van der Waals surface area contributed by atoms with Crippen LogP contribution in [0.1, 0.15) is 57.2 Å². The Balaban J connectivity index is 0.00000364. The van der Waals surface area contributed by atoms with E-state index in [1.807, 2.05) is 19.9 Å². The third-order valence-corrected chi connectivity index (χ3v) is 8.45. The number of guanidine groups is 1. The number of thiophene rings is 1. The number of hydrogen-bond donors (Lipinski definition) is 2. The molecule has 1 aliphatic rings. The Morgan fingerprint density at radius 2 is 1.85 bits per heavy atom. The summed E-state index contributed by atoms with van der Waals surface area (Å²) in [5.74, 6) is 0.504. The highest BCUT2D eigenvalue weighted by Gasteiger charge is 2.23. The molecule has 0 aromatic carbocycles. The highest BCUT2D eigenvalue weighted by molar-refractivity contribution is 14.0. The smallest absolute Gasteiger partial charge is 0.252 e. The number of nitrogens with one attached hydrogen (secondary N) is 1. The van der Waals surface area contributed by atoms with Gasteiger partial charge in [-0.05, 0) is 25.0 Å². The van der Waals surface area contributed by atoms with Crippen LogP contribution in [0, 0.1) is 0 Å². The van der Waals surface area contributed by atoms with Crippen molar-refractivity contribution in [3.8, 4) is 0 Å². The molecule has 1 saturated carbocycles. The first kappa shape index (κ1) is 24.6. The molecule has 0 bridgehead atoms. The van der Waals surface area contributed by atoms with Gasteiger partial charge in [-0.15, -0.1) is 35.3 Å². The van der Waals surface area contributed by atoms with Gasteiger partial charge in [-0.3, -0.25) is 4.99 Å². The van der Waals surface area contributed by atoms with E-state index < -0.39 is 10.0 Å². The van der Waals surface area contributed by atoms with Crippen LogP contribution >= 0.6 is 35.3 Å². The van der Waals surface area contributed by atoms with Crippen LogP contribution in [0.25, 0.3) is 0 Å². The van der Waals surface area contributed by atoms with Gasteiger partial charge in [0.15, 0.2) is 5.96 Å². The number of rotatable bonds is 8. The molecule has 0 atom stereocenters. The number of sulfonamides is 1. The second-order valence-corrected chi connectivity index (χ2v) is 9.99. The van der Waals surface area contributed by atoms with E-state index in [0.717, 1.165) is 17.7 Å². The van der Waals surface area contributed by atoms with Crippen molar-refractivity contribution in [2.24, 2.45) is 10.7 Å². The molecule has 1 aromatic rings. The standard InChI is InChI=1S/C18H32N4O2S2.HI/c1-3-22(4-2)26(23,24)17-12-11-16(25-17)13-14-20-18(19)21-15-9-7-5-6-8-10-15;/h11-12,15H,3-10,13-14H2,1-2H3,(H3,19,20,21);1H. The third-order valence-electron chi connectivity index (χ3n) is 4.78. The second kappa shape index (κ2) is 12.2. The first-order valence-electron chi connectivity index (χ1n) is 9.62. The van der Waals surface area contributed by atoms with Crippen molar-refractivity contribution in [1.29, 1.82) is 0 Å². The highest BCUT2D eigenvalue weighted by atomic mass is 127. The van der Waals surface area contributed by atoms with Gasteiger partial charge in [0.25, 0.3) is 10.0 Å². The minimum Gasteiger partial charge on any atom is -0.370 e. The predicted octanol–water partition coefficient (Wildman–Crippen LogP) is 3.57. The predicted molar refractivity (Wildman–Crippen MR) is 125 cm³/mol. The molecule has 3 N–H and O–H groups in total. The molecule has 2 rings (SSSR count). The number of aliphatic imine (C=N–C) groups is 1. The molecule has 156 valence electrons. The largest absolute Gasteiger partial charge is 0.370 e. The summed E-state index contributed by atoms with van der Waals surface area (Å²) in [5.41, 5.74) is 6.01. The van der Waals surface area contributed by atoms with Crippen LogP contribution in [0.5, 0.6) is 0 Å². The molecule has 0 aliphatic heterocycles. The van der Waals surface area contributed by atoms with Gasteiger partial charge in [0.05, 0.1) is 0 Å². The average molecular weight is 529 g/mol. The monoisotopic (exact) mass is 528 g/mol. The van der Waals surface area contributed by atoms with Gasteiger partial charge in [-0.25, -0.2) is 8.42 Å². The number of nitrogens with two attached hydrogens (primary N) is 1. The van der Waals surface area contributed by atoms with E-state index in [4.69, 9.17) is 5.73 Å². The van der Waals surface area contributed by atoms with Gasteiger partial charge in [0.1, 0.15) is 4.21 Å². The highest BCUT2D eigenvalue weighted by Crippen LogP contribution is 2.25. The van der Waals surface area contributed by atoms with Crippen LogP contribution in [-0.2, 0) is 16.4 Å². The Hall–Kier alpha value is -0.390. The molecule has 1 aromatic heterocycles. The molecule has 1 fully saturated rings. The molecule has 1 heterocycles. The van der Waals surface area contributed by atoms with Crippen molar-refractivity contribution in [2.75, 3.05) is 19.6 Å². The zero-order valence-corrected chi connectivity index (χ0v) is 20.3. The van der Waals surface area contributed by atoms with Crippen LogP contribution in [0.15, 0.2) is 21.3 Å². The maximum Gasteiger partial charge on any atom is 0.252 e. The first-order valence-corrected chi connectivity index (χ1v) is 11.9. The quantitative estimate of drug-likeness (QED) is 0.234. The normalized spacial score (nSPS) is 16.8. The Labute approximate surface area is 185 Å². The van der Waals surface area contributed by atoms with Gasteiger partial charge in [-0.2, -0.15) is 4.31 Å². The number of hydrogen-bond acceptors (Lipinski definition) is 4. The fraction of sp³-hybridized carbons (Fsp3) is 0.722. The zero-order valence-electron chi connectivity index (χ0n) is 16.3. The van der Waals surface area contributed by atoms with Crippen molar-refractivity contribution in [1.82, 2.24) is 9.62 Å². The van der Waals surface area contributed by atoms with Gasteiger partial charge < -0.3 is 11.1 Å². The minimum atomic E-state index is -3.37. The van der Waals surface area contributed by atoms with Crippen molar-refractivity contribution < 1.29 is 8.42 Å². The lowest BCUT2D eigenvalue weighted by molar-refractivity contribution is 0.447. The molecular formula is C18H33IN4O2S2. The summed E-state index contributed by atoms with van der Waals surface area (Å²) in [4.78, 5) is 5.43. The molecule has 1 aliphatic carbocycles. The second-order valence-electron chi connectivity index (χ2n) is 6.66. The SMILES string of the molecule is CCN(CC)S(=O)(=O)c1ccc(CCN=C(N)NC2CCCCCC2)s1.I. The van der Waals surface area contributed by atoms with E-state index in [9.17, 15) is 8.42 Å². The maximum absolute atomic E-state index is 12.5. The van der Waals surface area contributed by atoms with Gasteiger partial charge in [0, 0.05) is 37.0 Å². The fourth-order valence-electron chi connectivity index (χ4n) is 3.29. The van der Waals surface area contributed by atoms with Crippen LogP contribution in [0.3, 0.4) is 0 Å². The maximum atomic E-state index is 12.5. The molecule has 27 heavy (non-hydrogen) atoms. The lowest BCUT2D eigenvalue weighted by atomic mass is 10.1. The molecule has 0 amide bonds. The van der Waals surface area contributed by atoms with Crippen molar-refractivity contribution in [3.05, 3.63) is 17.0 Å².